The minimum Gasteiger partial charge on any atom is -0.292 e. The second-order valence-electron chi connectivity index (χ2n) is 5.83. The lowest BCUT2D eigenvalue weighted by Gasteiger charge is -2.30. The maximum absolute atomic E-state index is 12.4. The third-order valence-corrected chi connectivity index (χ3v) is 4.30. The number of terminal acetylenes is 1. The molecule has 1 saturated heterocycles. The van der Waals surface area contributed by atoms with Crippen LogP contribution < -0.4 is 5.32 Å². The summed E-state index contributed by atoms with van der Waals surface area (Å²) in [5.74, 6) is 2.56. The van der Waals surface area contributed by atoms with Gasteiger partial charge in [0, 0.05) is 6.04 Å². The Kier molecular flexibility index (Phi) is 5.19. The SMILES string of the molecule is C#CC(CCC)NC1CC(=O)N(C2CCCCC2)C1=O. The standard InChI is InChI=1S/C16H24N2O2/c1-3-8-12(4-2)17-14-11-15(19)18(16(14)20)13-9-6-5-7-10-13/h2,12-14,17H,3,5-11H2,1H3. The fourth-order valence-corrected chi connectivity index (χ4v) is 3.25. The molecule has 0 aromatic carbocycles. The van der Waals surface area contributed by atoms with E-state index in [0.29, 0.717) is 0 Å². The predicted octanol–water partition coefficient (Wildman–Crippen LogP) is 1.84. The molecule has 2 rings (SSSR count). The molecule has 0 bridgehead atoms. The Morgan fingerprint density at radius 2 is 2.05 bits per heavy atom. The molecule has 4 heteroatoms. The van der Waals surface area contributed by atoms with E-state index in [-0.39, 0.29) is 30.3 Å². The van der Waals surface area contributed by atoms with Gasteiger partial charge in [-0.3, -0.25) is 19.8 Å². The summed E-state index contributed by atoms with van der Waals surface area (Å²) in [6.45, 7) is 2.06. The number of hydrogen-bond acceptors (Lipinski definition) is 3. The first-order valence-electron chi connectivity index (χ1n) is 7.75. The van der Waals surface area contributed by atoms with Crippen LogP contribution >= 0.6 is 0 Å². The monoisotopic (exact) mass is 276 g/mol. The minimum atomic E-state index is -0.419. The van der Waals surface area contributed by atoms with Gasteiger partial charge in [-0.2, -0.15) is 0 Å². The summed E-state index contributed by atoms with van der Waals surface area (Å²) in [6.07, 6.45) is 12.9. The topological polar surface area (TPSA) is 49.4 Å². The summed E-state index contributed by atoms with van der Waals surface area (Å²) in [5.41, 5.74) is 0. The number of nitrogens with zero attached hydrogens (tertiary/aromatic N) is 1. The molecule has 0 radical (unpaired) electrons. The van der Waals surface area contributed by atoms with Crippen molar-refractivity contribution in [3.05, 3.63) is 0 Å². The Hall–Kier alpha value is -1.34. The van der Waals surface area contributed by atoms with Crippen LogP contribution in [0, 0.1) is 12.3 Å². The zero-order chi connectivity index (χ0) is 14.5. The summed E-state index contributed by atoms with van der Waals surface area (Å²) in [5, 5.41) is 3.17. The van der Waals surface area contributed by atoms with E-state index < -0.39 is 6.04 Å². The van der Waals surface area contributed by atoms with E-state index >= 15 is 0 Å². The Balaban J connectivity index is 1.99. The van der Waals surface area contributed by atoms with Crippen LogP contribution in [0.3, 0.4) is 0 Å². The molecule has 1 aliphatic heterocycles. The van der Waals surface area contributed by atoms with Crippen molar-refractivity contribution in [1.29, 1.82) is 0 Å². The molecule has 2 atom stereocenters. The molecular formula is C16H24N2O2. The van der Waals surface area contributed by atoms with E-state index in [1.165, 1.54) is 11.3 Å². The fraction of sp³-hybridized carbons (Fsp3) is 0.750. The zero-order valence-corrected chi connectivity index (χ0v) is 12.2. The lowest BCUT2D eigenvalue weighted by Crippen LogP contribution is -2.46. The second kappa shape index (κ2) is 6.90. The highest BCUT2D eigenvalue weighted by molar-refractivity contribution is 6.05. The number of likely N-dealkylation sites (tertiary alicyclic amines) is 1. The van der Waals surface area contributed by atoms with Gasteiger partial charge in [-0.25, -0.2) is 0 Å². The molecule has 0 spiro atoms. The molecule has 1 N–H and O–H groups in total. The average molecular weight is 276 g/mol. The molecule has 4 nitrogen and oxygen atoms in total. The number of carbonyl (C=O) groups is 2. The van der Waals surface area contributed by atoms with Crippen molar-refractivity contribution >= 4 is 11.8 Å². The molecule has 0 aromatic heterocycles. The Morgan fingerprint density at radius 1 is 1.35 bits per heavy atom. The lowest BCUT2D eigenvalue weighted by atomic mass is 9.94. The van der Waals surface area contributed by atoms with Crippen molar-refractivity contribution in [3.8, 4) is 12.3 Å². The van der Waals surface area contributed by atoms with Gasteiger partial charge in [-0.1, -0.05) is 38.5 Å². The average Bonchev–Trinajstić information content (AvgIpc) is 2.74. The summed E-state index contributed by atoms with van der Waals surface area (Å²) in [6, 6.07) is -0.420. The van der Waals surface area contributed by atoms with Crippen LogP contribution in [-0.4, -0.2) is 34.8 Å². The van der Waals surface area contributed by atoms with E-state index in [1.807, 2.05) is 0 Å². The van der Waals surface area contributed by atoms with Crippen molar-refractivity contribution in [2.75, 3.05) is 0 Å². The maximum atomic E-state index is 12.4. The second-order valence-corrected chi connectivity index (χ2v) is 5.83. The third kappa shape index (κ3) is 3.21. The first kappa shape index (κ1) is 15.1. The van der Waals surface area contributed by atoms with Crippen molar-refractivity contribution in [2.45, 2.75) is 76.4 Å². The van der Waals surface area contributed by atoms with E-state index in [1.54, 1.807) is 0 Å². The van der Waals surface area contributed by atoms with E-state index in [9.17, 15) is 9.59 Å². The van der Waals surface area contributed by atoms with Crippen LogP contribution in [0.4, 0.5) is 0 Å². The van der Waals surface area contributed by atoms with Crippen molar-refractivity contribution in [1.82, 2.24) is 10.2 Å². The van der Waals surface area contributed by atoms with Gasteiger partial charge in [-0.05, 0) is 19.3 Å². The quantitative estimate of drug-likeness (QED) is 0.616. The first-order valence-corrected chi connectivity index (χ1v) is 7.75. The van der Waals surface area contributed by atoms with Gasteiger partial charge in [0.2, 0.25) is 11.8 Å². The van der Waals surface area contributed by atoms with E-state index in [0.717, 1.165) is 38.5 Å². The van der Waals surface area contributed by atoms with Crippen LogP contribution in [0.15, 0.2) is 0 Å². The van der Waals surface area contributed by atoms with Gasteiger partial charge in [0.15, 0.2) is 0 Å². The normalized spacial score (nSPS) is 25.8. The Morgan fingerprint density at radius 3 is 2.65 bits per heavy atom. The van der Waals surface area contributed by atoms with Crippen LogP contribution in [-0.2, 0) is 9.59 Å². The fourth-order valence-electron chi connectivity index (χ4n) is 3.25. The number of rotatable bonds is 5. The van der Waals surface area contributed by atoms with Gasteiger partial charge in [0.05, 0.1) is 18.5 Å². The van der Waals surface area contributed by atoms with Gasteiger partial charge in [0.1, 0.15) is 0 Å². The molecule has 110 valence electrons. The summed E-state index contributed by atoms with van der Waals surface area (Å²) >= 11 is 0. The van der Waals surface area contributed by atoms with Gasteiger partial charge >= 0.3 is 0 Å². The third-order valence-electron chi connectivity index (χ3n) is 4.30. The molecule has 2 fully saturated rings. The molecule has 2 unspecified atom stereocenters. The number of imide groups is 1. The molecule has 1 saturated carbocycles. The Bertz CT molecular complexity index is 407. The summed E-state index contributed by atoms with van der Waals surface area (Å²) < 4.78 is 0. The molecule has 20 heavy (non-hydrogen) atoms. The van der Waals surface area contributed by atoms with Crippen LogP contribution in [0.25, 0.3) is 0 Å². The maximum Gasteiger partial charge on any atom is 0.247 e. The van der Waals surface area contributed by atoms with E-state index in [4.69, 9.17) is 6.42 Å². The highest BCUT2D eigenvalue weighted by Crippen LogP contribution is 2.27. The largest absolute Gasteiger partial charge is 0.292 e. The number of nitrogens with one attached hydrogen (secondary N) is 1. The highest BCUT2D eigenvalue weighted by atomic mass is 16.2. The smallest absolute Gasteiger partial charge is 0.247 e. The summed E-state index contributed by atoms with van der Waals surface area (Å²) in [7, 11) is 0. The zero-order valence-electron chi connectivity index (χ0n) is 12.2. The molecule has 1 aliphatic carbocycles. The first-order chi connectivity index (χ1) is 9.67. The van der Waals surface area contributed by atoms with Crippen LogP contribution in [0.2, 0.25) is 0 Å². The lowest BCUT2D eigenvalue weighted by molar-refractivity contribution is -0.142. The Labute approximate surface area is 121 Å². The minimum absolute atomic E-state index is 0.0355. The summed E-state index contributed by atoms with van der Waals surface area (Å²) in [4.78, 5) is 26.1. The van der Waals surface area contributed by atoms with E-state index in [2.05, 4.69) is 18.2 Å². The molecule has 0 aromatic rings. The molecule has 2 amide bonds. The van der Waals surface area contributed by atoms with Gasteiger partial charge in [-0.15, -0.1) is 6.42 Å². The molecular weight excluding hydrogens is 252 g/mol. The molecule has 2 aliphatic rings. The van der Waals surface area contributed by atoms with Gasteiger partial charge in [0.25, 0.3) is 0 Å². The van der Waals surface area contributed by atoms with Crippen molar-refractivity contribution in [3.63, 3.8) is 0 Å². The number of carbonyl (C=O) groups excluding carboxylic acids is 2. The van der Waals surface area contributed by atoms with Crippen molar-refractivity contribution < 1.29 is 9.59 Å². The van der Waals surface area contributed by atoms with Gasteiger partial charge < -0.3 is 0 Å². The highest BCUT2D eigenvalue weighted by Gasteiger charge is 2.42. The molecule has 1 heterocycles. The number of hydrogen-bond donors (Lipinski definition) is 1. The predicted molar refractivity (Wildman–Crippen MR) is 77.8 cm³/mol. The van der Waals surface area contributed by atoms with Crippen LogP contribution in [0.1, 0.15) is 58.3 Å². The van der Waals surface area contributed by atoms with Crippen molar-refractivity contribution in [2.24, 2.45) is 0 Å². The van der Waals surface area contributed by atoms with Crippen LogP contribution in [0.5, 0.6) is 0 Å². The number of amides is 2.